The Bertz CT molecular complexity index is 2470. The summed E-state index contributed by atoms with van der Waals surface area (Å²) in [6, 6.07) is 50.9. The molecule has 0 spiro atoms. The van der Waals surface area contributed by atoms with Crippen molar-refractivity contribution >= 4 is 27.3 Å². The normalized spacial score (nSPS) is 16.4. The van der Waals surface area contributed by atoms with Gasteiger partial charge in [-0.25, -0.2) is 15.0 Å². The smallest absolute Gasteiger partial charge is 0.164 e. The maximum absolute atomic E-state index is 6.62. The molecule has 48 heavy (non-hydrogen) atoms. The first-order valence-corrected chi connectivity index (χ1v) is 16.5. The highest BCUT2D eigenvalue weighted by Crippen LogP contribution is 2.58. The zero-order valence-corrected chi connectivity index (χ0v) is 26.0. The lowest BCUT2D eigenvalue weighted by atomic mass is 9.92. The first kappa shape index (κ1) is 27.0. The number of furan rings is 1. The molecule has 1 saturated carbocycles. The summed E-state index contributed by atoms with van der Waals surface area (Å²) in [7, 11) is 0. The summed E-state index contributed by atoms with van der Waals surface area (Å²) in [5, 5.41) is 3.61. The van der Waals surface area contributed by atoms with E-state index in [9.17, 15) is 0 Å². The number of aromatic nitrogens is 3. The summed E-state index contributed by atoms with van der Waals surface area (Å²) in [6.45, 7) is 0. The molecule has 10 rings (SSSR count). The lowest BCUT2D eigenvalue weighted by molar-refractivity contribution is 0.544. The van der Waals surface area contributed by atoms with Crippen LogP contribution in [0.5, 0.6) is 0 Å². The van der Waals surface area contributed by atoms with Gasteiger partial charge in [-0.15, -0.1) is 0 Å². The summed E-state index contributed by atoms with van der Waals surface area (Å²) in [5.74, 6) is 3.91. The maximum atomic E-state index is 6.62. The van der Waals surface area contributed by atoms with E-state index in [1.807, 2.05) is 36.4 Å². The van der Waals surface area contributed by atoms with Crippen molar-refractivity contribution in [2.75, 3.05) is 0 Å². The van der Waals surface area contributed by atoms with Gasteiger partial charge in [-0.2, -0.15) is 0 Å². The van der Waals surface area contributed by atoms with Crippen molar-refractivity contribution < 1.29 is 4.42 Å². The molecule has 2 unspecified atom stereocenters. The summed E-state index contributed by atoms with van der Waals surface area (Å²) in [5.41, 5.74) is 9.74. The Hall–Kier alpha value is -6.13. The molecule has 0 N–H and O–H groups in total. The van der Waals surface area contributed by atoms with Crippen molar-refractivity contribution in [2.24, 2.45) is 5.92 Å². The molecule has 8 aromatic rings. The largest absolute Gasteiger partial charge is 0.460 e. The van der Waals surface area contributed by atoms with Crippen molar-refractivity contribution in [3.8, 4) is 45.0 Å². The molecule has 0 saturated heterocycles. The summed E-state index contributed by atoms with van der Waals surface area (Å²) < 4.78 is 6.62. The number of allylic oxidation sites excluding steroid dienone is 1. The van der Waals surface area contributed by atoms with E-state index in [4.69, 9.17) is 19.4 Å². The third-order valence-corrected chi connectivity index (χ3v) is 9.80. The minimum Gasteiger partial charge on any atom is -0.460 e. The van der Waals surface area contributed by atoms with Gasteiger partial charge in [-0.3, -0.25) is 0 Å². The highest BCUT2D eigenvalue weighted by molar-refractivity contribution is 6.00. The quantitative estimate of drug-likeness (QED) is 0.193. The molecule has 226 valence electrons. The minimum atomic E-state index is 0.406. The number of rotatable bonds is 5. The van der Waals surface area contributed by atoms with Gasteiger partial charge in [0.1, 0.15) is 11.3 Å². The van der Waals surface area contributed by atoms with Gasteiger partial charge in [-0.1, -0.05) is 140 Å². The van der Waals surface area contributed by atoms with Gasteiger partial charge in [0.05, 0.1) is 0 Å². The average molecular weight is 616 g/mol. The molecule has 0 amide bonds. The zero-order valence-electron chi connectivity index (χ0n) is 26.0. The molecule has 2 aliphatic rings. The molecule has 6 aromatic carbocycles. The Balaban J connectivity index is 1.09. The minimum absolute atomic E-state index is 0.406. The van der Waals surface area contributed by atoms with Crippen molar-refractivity contribution in [1.29, 1.82) is 0 Å². The van der Waals surface area contributed by atoms with Crippen molar-refractivity contribution in [3.05, 3.63) is 169 Å². The Kier molecular flexibility index (Phi) is 6.03. The number of nitrogens with zero attached hydrogens (tertiary/aromatic N) is 3. The molecular weight excluding hydrogens is 587 g/mol. The molecule has 2 atom stereocenters. The van der Waals surface area contributed by atoms with Crippen LogP contribution in [0.3, 0.4) is 0 Å². The number of fused-ring (bicyclic) bond motifs is 6. The van der Waals surface area contributed by atoms with E-state index >= 15 is 0 Å². The van der Waals surface area contributed by atoms with E-state index in [-0.39, 0.29) is 0 Å². The predicted octanol–water partition coefficient (Wildman–Crippen LogP) is 11.0. The van der Waals surface area contributed by atoms with E-state index in [1.165, 1.54) is 27.5 Å². The van der Waals surface area contributed by atoms with Gasteiger partial charge in [0.15, 0.2) is 17.5 Å². The van der Waals surface area contributed by atoms with Crippen LogP contribution in [-0.2, 0) is 0 Å². The molecule has 1 fully saturated rings. The third kappa shape index (κ3) is 4.49. The fraction of sp³-hybridized carbons (Fsp3) is 0.0682. The Labute approximate surface area is 278 Å². The molecule has 0 radical (unpaired) electrons. The Morgan fingerprint density at radius 2 is 1.12 bits per heavy atom. The van der Waals surface area contributed by atoms with Gasteiger partial charge >= 0.3 is 0 Å². The van der Waals surface area contributed by atoms with Crippen LogP contribution in [0.15, 0.2) is 156 Å². The monoisotopic (exact) mass is 615 g/mol. The Morgan fingerprint density at radius 1 is 0.500 bits per heavy atom. The SMILES string of the molecule is C1=C(c2nc(-c3ccccc3)nc(-c3ccccc3)n2)c2c(oc3ccc(-c4ccc(-c5cccc6ccccc56)cc4)cc23)C2CC12. The van der Waals surface area contributed by atoms with Gasteiger partial charge in [0.25, 0.3) is 0 Å². The summed E-state index contributed by atoms with van der Waals surface area (Å²) in [6.07, 6.45) is 3.45. The van der Waals surface area contributed by atoms with E-state index in [2.05, 4.69) is 115 Å². The number of hydrogen-bond donors (Lipinski definition) is 0. The van der Waals surface area contributed by atoms with Crippen molar-refractivity contribution in [3.63, 3.8) is 0 Å². The lowest BCUT2D eigenvalue weighted by Gasteiger charge is -2.14. The van der Waals surface area contributed by atoms with E-state index < -0.39 is 0 Å². The first-order valence-electron chi connectivity index (χ1n) is 16.5. The highest BCUT2D eigenvalue weighted by Gasteiger charge is 2.46. The second-order valence-electron chi connectivity index (χ2n) is 12.8. The van der Waals surface area contributed by atoms with Crippen LogP contribution in [0.25, 0.3) is 72.3 Å². The van der Waals surface area contributed by atoms with Gasteiger partial charge in [-0.05, 0) is 57.5 Å². The van der Waals surface area contributed by atoms with Crippen LogP contribution in [0.4, 0.5) is 0 Å². The van der Waals surface area contributed by atoms with E-state index in [0.29, 0.717) is 29.3 Å². The van der Waals surface area contributed by atoms with E-state index in [1.54, 1.807) is 0 Å². The number of hydrogen-bond acceptors (Lipinski definition) is 4. The van der Waals surface area contributed by atoms with Crippen LogP contribution in [-0.4, -0.2) is 15.0 Å². The standard InChI is InChI=1S/C44H29N3O/c1-3-11-30(12-4-1)42-45-43(31-13-5-2-6-14-31)47-44(46-42)38-26-33-25-36(33)41-40(38)37-24-32(22-23-39(37)48-41)27-18-20-29(21-19-27)35-17-9-15-28-10-7-8-16-34(28)35/h1-24,26,33,36H,25H2. The van der Waals surface area contributed by atoms with Crippen LogP contribution >= 0.6 is 0 Å². The first-order chi connectivity index (χ1) is 23.8. The molecule has 0 bridgehead atoms. The second-order valence-corrected chi connectivity index (χ2v) is 12.8. The van der Waals surface area contributed by atoms with Crippen molar-refractivity contribution in [1.82, 2.24) is 15.0 Å². The molecule has 2 aromatic heterocycles. The topological polar surface area (TPSA) is 51.8 Å². The molecule has 4 nitrogen and oxygen atoms in total. The zero-order chi connectivity index (χ0) is 31.6. The van der Waals surface area contributed by atoms with Crippen LogP contribution in [0, 0.1) is 5.92 Å². The maximum Gasteiger partial charge on any atom is 0.164 e. The summed E-state index contributed by atoms with van der Waals surface area (Å²) in [4.78, 5) is 15.1. The second kappa shape index (κ2) is 10.7. The predicted molar refractivity (Wildman–Crippen MR) is 193 cm³/mol. The fourth-order valence-electron chi connectivity index (χ4n) is 7.27. The third-order valence-electron chi connectivity index (χ3n) is 9.80. The van der Waals surface area contributed by atoms with Crippen LogP contribution in [0.1, 0.15) is 29.5 Å². The van der Waals surface area contributed by atoms with Crippen molar-refractivity contribution in [2.45, 2.75) is 12.3 Å². The van der Waals surface area contributed by atoms with Gasteiger partial charge in [0, 0.05) is 33.6 Å². The molecule has 2 heterocycles. The molecule has 2 aliphatic carbocycles. The molecule has 0 aliphatic heterocycles. The molecular formula is C44H29N3O. The van der Waals surface area contributed by atoms with Crippen LogP contribution in [0.2, 0.25) is 0 Å². The van der Waals surface area contributed by atoms with E-state index in [0.717, 1.165) is 51.0 Å². The highest BCUT2D eigenvalue weighted by atomic mass is 16.3. The average Bonchev–Trinajstić information content (AvgIpc) is 3.86. The lowest BCUT2D eigenvalue weighted by Crippen LogP contribution is -2.06. The van der Waals surface area contributed by atoms with Crippen LogP contribution < -0.4 is 0 Å². The fourth-order valence-corrected chi connectivity index (χ4v) is 7.27. The Morgan fingerprint density at radius 3 is 1.88 bits per heavy atom. The molecule has 4 heteroatoms. The van der Waals surface area contributed by atoms with Gasteiger partial charge < -0.3 is 4.42 Å². The summed E-state index contributed by atoms with van der Waals surface area (Å²) >= 11 is 0. The number of benzene rings is 6. The van der Waals surface area contributed by atoms with Gasteiger partial charge in [0.2, 0.25) is 0 Å².